The lowest BCUT2D eigenvalue weighted by molar-refractivity contribution is 0.122. The van der Waals surface area contributed by atoms with E-state index in [2.05, 4.69) is 0 Å². The molecule has 0 atom stereocenters. The van der Waals surface area contributed by atoms with E-state index in [1.807, 2.05) is 13.8 Å². The number of rotatable bonds is 1. The van der Waals surface area contributed by atoms with Gasteiger partial charge in [0.1, 0.15) is 5.75 Å². The quantitative estimate of drug-likeness (QED) is 0.777. The van der Waals surface area contributed by atoms with Crippen LogP contribution in [0.4, 0.5) is 16.2 Å². The number of nitrogen functional groups attached to an aromatic ring is 1. The highest BCUT2D eigenvalue weighted by atomic mass is 16.6. The zero-order valence-electron chi connectivity index (χ0n) is 10.7. The van der Waals surface area contributed by atoms with Crippen LogP contribution in [-0.4, -0.2) is 25.3 Å². The van der Waals surface area contributed by atoms with E-state index in [0.29, 0.717) is 30.3 Å². The average molecular weight is 250 g/mol. The fourth-order valence-electron chi connectivity index (χ4n) is 1.85. The molecule has 18 heavy (non-hydrogen) atoms. The van der Waals surface area contributed by atoms with Crippen LogP contribution in [0.5, 0.6) is 5.75 Å². The van der Waals surface area contributed by atoms with Crippen LogP contribution in [-0.2, 0) is 4.74 Å². The van der Waals surface area contributed by atoms with Gasteiger partial charge in [-0.25, -0.2) is 4.79 Å². The van der Waals surface area contributed by atoms with Gasteiger partial charge in [-0.1, -0.05) is 0 Å². The van der Waals surface area contributed by atoms with Crippen LogP contribution in [0.3, 0.4) is 0 Å². The second kappa shape index (κ2) is 5.16. The lowest BCUT2D eigenvalue weighted by Gasteiger charge is -2.22. The van der Waals surface area contributed by atoms with Crippen molar-refractivity contribution in [2.75, 3.05) is 23.8 Å². The van der Waals surface area contributed by atoms with E-state index in [0.717, 1.165) is 6.42 Å². The van der Waals surface area contributed by atoms with Gasteiger partial charge in [0.25, 0.3) is 0 Å². The van der Waals surface area contributed by atoms with Crippen LogP contribution in [0.2, 0.25) is 0 Å². The molecule has 0 saturated heterocycles. The van der Waals surface area contributed by atoms with Gasteiger partial charge in [0.2, 0.25) is 0 Å². The summed E-state index contributed by atoms with van der Waals surface area (Å²) in [5.41, 5.74) is 7.05. The molecule has 1 aliphatic rings. The molecule has 0 radical (unpaired) electrons. The van der Waals surface area contributed by atoms with Gasteiger partial charge >= 0.3 is 6.09 Å². The molecule has 1 aliphatic heterocycles. The second-order valence-corrected chi connectivity index (χ2v) is 4.51. The number of hydrogen-bond acceptors (Lipinski definition) is 4. The van der Waals surface area contributed by atoms with Crippen LogP contribution in [0.1, 0.15) is 20.3 Å². The van der Waals surface area contributed by atoms with Crippen molar-refractivity contribution in [3.63, 3.8) is 0 Å². The van der Waals surface area contributed by atoms with E-state index < -0.39 is 0 Å². The predicted molar refractivity (Wildman–Crippen MR) is 69.9 cm³/mol. The summed E-state index contributed by atoms with van der Waals surface area (Å²) in [6.45, 7) is 4.82. The molecule has 1 aromatic rings. The maximum absolute atomic E-state index is 12.0. The van der Waals surface area contributed by atoms with Gasteiger partial charge in [-0.15, -0.1) is 0 Å². The zero-order valence-corrected chi connectivity index (χ0v) is 10.7. The Kier molecular flexibility index (Phi) is 3.60. The highest BCUT2D eigenvalue weighted by Crippen LogP contribution is 2.33. The molecule has 2 N–H and O–H groups in total. The van der Waals surface area contributed by atoms with E-state index in [1.54, 1.807) is 23.1 Å². The first-order valence-electron chi connectivity index (χ1n) is 6.08. The first-order valence-corrected chi connectivity index (χ1v) is 6.08. The summed E-state index contributed by atoms with van der Waals surface area (Å²) in [4.78, 5) is 13.6. The summed E-state index contributed by atoms with van der Waals surface area (Å²) >= 11 is 0. The maximum atomic E-state index is 12.0. The van der Waals surface area contributed by atoms with Crippen LogP contribution in [0, 0.1) is 0 Å². The molecule has 0 aliphatic carbocycles. The highest BCUT2D eigenvalue weighted by molar-refractivity contribution is 5.90. The number of fused-ring (bicyclic) bond motifs is 1. The summed E-state index contributed by atoms with van der Waals surface area (Å²) in [6, 6.07) is 5.27. The number of amides is 1. The SMILES string of the molecule is CC(C)OC(=O)N1CCCOc2cc(N)ccc21. The van der Waals surface area contributed by atoms with Crippen molar-refractivity contribution in [2.24, 2.45) is 0 Å². The van der Waals surface area contributed by atoms with Crippen molar-refractivity contribution >= 4 is 17.5 Å². The third kappa shape index (κ3) is 2.67. The van der Waals surface area contributed by atoms with Gasteiger partial charge in [0.15, 0.2) is 0 Å². The molecule has 98 valence electrons. The lowest BCUT2D eigenvalue weighted by Crippen LogP contribution is -2.33. The Labute approximate surface area is 106 Å². The Morgan fingerprint density at radius 3 is 3.00 bits per heavy atom. The van der Waals surface area contributed by atoms with Crippen LogP contribution >= 0.6 is 0 Å². The molecule has 5 nitrogen and oxygen atoms in total. The summed E-state index contributed by atoms with van der Waals surface area (Å²) in [6.07, 6.45) is 0.280. The Balaban J connectivity index is 2.29. The van der Waals surface area contributed by atoms with E-state index in [9.17, 15) is 4.79 Å². The normalized spacial score (nSPS) is 14.7. The number of nitrogens with two attached hydrogens (primary N) is 1. The van der Waals surface area contributed by atoms with E-state index in [4.69, 9.17) is 15.2 Å². The van der Waals surface area contributed by atoms with Crippen LogP contribution < -0.4 is 15.4 Å². The largest absolute Gasteiger partial charge is 0.491 e. The van der Waals surface area contributed by atoms with Crippen LogP contribution in [0.25, 0.3) is 0 Å². The molecule has 0 spiro atoms. The minimum Gasteiger partial charge on any atom is -0.491 e. The first-order chi connectivity index (χ1) is 8.58. The number of ether oxygens (including phenoxy) is 2. The Morgan fingerprint density at radius 1 is 1.50 bits per heavy atom. The smallest absolute Gasteiger partial charge is 0.414 e. The molecular formula is C13H18N2O3. The third-order valence-corrected chi connectivity index (χ3v) is 2.62. The van der Waals surface area contributed by atoms with Gasteiger partial charge in [-0.2, -0.15) is 0 Å². The monoisotopic (exact) mass is 250 g/mol. The molecule has 2 rings (SSSR count). The molecule has 0 bridgehead atoms. The van der Waals surface area contributed by atoms with Crippen molar-refractivity contribution in [3.05, 3.63) is 18.2 Å². The summed E-state index contributed by atoms with van der Waals surface area (Å²) in [5.74, 6) is 0.633. The molecule has 0 fully saturated rings. The average Bonchev–Trinajstić information content (AvgIpc) is 2.49. The molecule has 0 aromatic heterocycles. The number of carbonyl (C=O) groups excluding carboxylic acids is 1. The fourth-order valence-corrected chi connectivity index (χ4v) is 1.85. The lowest BCUT2D eigenvalue weighted by atomic mass is 10.2. The summed E-state index contributed by atoms with van der Waals surface area (Å²) < 4.78 is 10.8. The Bertz CT molecular complexity index is 446. The van der Waals surface area contributed by atoms with E-state index in [1.165, 1.54) is 0 Å². The van der Waals surface area contributed by atoms with Crippen molar-refractivity contribution in [1.29, 1.82) is 0 Å². The van der Waals surface area contributed by atoms with Gasteiger partial charge in [-0.3, -0.25) is 4.90 Å². The van der Waals surface area contributed by atoms with Gasteiger partial charge < -0.3 is 15.2 Å². The second-order valence-electron chi connectivity index (χ2n) is 4.51. The molecule has 1 heterocycles. The molecule has 0 saturated carbocycles. The molecular weight excluding hydrogens is 232 g/mol. The minimum absolute atomic E-state index is 0.140. The number of hydrogen-bond donors (Lipinski definition) is 1. The third-order valence-electron chi connectivity index (χ3n) is 2.62. The number of carbonyl (C=O) groups is 1. The number of benzene rings is 1. The van der Waals surface area contributed by atoms with E-state index in [-0.39, 0.29) is 12.2 Å². The molecule has 5 heteroatoms. The highest BCUT2D eigenvalue weighted by Gasteiger charge is 2.24. The van der Waals surface area contributed by atoms with Crippen molar-refractivity contribution in [2.45, 2.75) is 26.4 Å². The predicted octanol–water partition coefficient (Wildman–Crippen LogP) is 2.40. The fraction of sp³-hybridized carbons (Fsp3) is 0.462. The van der Waals surface area contributed by atoms with Crippen molar-refractivity contribution in [1.82, 2.24) is 0 Å². The molecule has 1 aromatic carbocycles. The Morgan fingerprint density at radius 2 is 2.28 bits per heavy atom. The maximum Gasteiger partial charge on any atom is 0.414 e. The summed E-state index contributed by atoms with van der Waals surface area (Å²) in [7, 11) is 0. The number of anilines is 2. The van der Waals surface area contributed by atoms with Crippen LogP contribution in [0.15, 0.2) is 18.2 Å². The van der Waals surface area contributed by atoms with Gasteiger partial charge in [-0.05, 0) is 32.4 Å². The zero-order chi connectivity index (χ0) is 13.1. The van der Waals surface area contributed by atoms with Gasteiger partial charge in [0.05, 0.1) is 18.4 Å². The van der Waals surface area contributed by atoms with E-state index >= 15 is 0 Å². The van der Waals surface area contributed by atoms with Crippen molar-refractivity contribution in [3.8, 4) is 5.75 Å². The standard InChI is InChI=1S/C13H18N2O3/c1-9(2)18-13(16)15-6-3-7-17-12-8-10(14)4-5-11(12)15/h4-5,8-9H,3,6-7,14H2,1-2H3. The minimum atomic E-state index is -0.346. The first kappa shape index (κ1) is 12.5. The van der Waals surface area contributed by atoms with Gasteiger partial charge in [0, 0.05) is 18.3 Å². The summed E-state index contributed by atoms with van der Waals surface area (Å²) in [5, 5.41) is 0. The van der Waals surface area contributed by atoms with Crippen molar-refractivity contribution < 1.29 is 14.3 Å². The molecule has 1 amide bonds. The molecule has 0 unspecified atom stereocenters. The number of nitrogens with zero attached hydrogens (tertiary/aromatic N) is 1. The Hall–Kier alpha value is -1.91. The topological polar surface area (TPSA) is 64.8 Å².